The highest BCUT2D eigenvalue weighted by Crippen LogP contribution is 1.77. The summed E-state index contributed by atoms with van der Waals surface area (Å²) in [5, 5.41) is 2.40. The molecule has 0 fully saturated rings. The van der Waals surface area contributed by atoms with Crippen LogP contribution in [-0.4, -0.2) is 37.4 Å². The molecule has 4 heteroatoms. The fraction of sp³-hybridized carbons (Fsp3) is 0.667. The maximum absolute atomic E-state index is 10.7. The minimum Gasteiger partial charge on any atom is -0.348 e. The standard InChI is InChI=1S/C6H12N2O2/c1-4-7-5(9)6(10)8(2)3/h4H2,1-3H3,(H,7,9). The zero-order valence-corrected chi connectivity index (χ0v) is 6.47. The molecule has 0 radical (unpaired) electrons. The lowest BCUT2D eigenvalue weighted by Gasteiger charge is -2.08. The Kier molecular flexibility index (Phi) is 3.46. The molecule has 0 rings (SSSR count). The van der Waals surface area contributed by atoms with Crippen molar-refractivity contribution in [1.82, 2.24) is 10.2 Å². The highest BCUT2D eigenvalue weighted by Gasteiger charge is 2.12. The van der Waals surface area contributed by atoms with Gasteiger partial charge in [0.2, 0.25) is 0 Å². The van der Waals surface area contributed by atoms with Gasteiger partial charge >= 0.3 is 11.8 Å². The highest BCUT2D eigenvalue weighted by atomic mass is 16.2. The van der Waals surface area contributed by atoms with Crippen molar-refractivity contribution in [3.63, 3.8) is 0 Å². The van der Waals surface area contributed by atoms with Gasteiger partial charge in [0.1, 0.15) is 0 Å². The molecule has 0 aromatic rings. The number of carbonyl (C=O) groups excluding carboxylic acids is 2. The number of nitrogens with zero attached hydrogens (tertiary/aromatic N) is 1. The number of likely N-dealkylation sites (N-methyl/N-ethyl adjacent to an activating group) is 2. The van der Waals surface area contributed by atoms with E-state index in [9.17, 15) is 9.59 Å². The normalized spacial score (nSPS) is 8.70. The molecule has 0 aliphatic rings. The molecule has 0 aliphatic heterocycles. The summed E-state index contributed by atoms with van der Waals surface area (Å²) in [6.45, 7) is 2.25. The van der Waals surface area contributed by atoms with E-state index in [0.717, 1.165) is 0 Å². The van der Waals surface area contributed by atoms with Gasteiger partial charge in [-0.2, -0.15) is 0 Å². The maximum atomic E-state index is 10.7. The minimum atomic E-state index is -0.549. The van der Waals surface area contributed by atoms with Crippen LogP contribution in [0.1, 0.15) is 6.92 Å². The van der Waals surface area contributed by atoms with E-state index in [-0.39, 0.29) is 0 Å². The molecule has 0 saturated carbocycles. The van der Waals surface area contributed by atoms with Gasteiger partial charge in [-0.1, -0.05) is 0 Å². The molecule has 0 spiro atoms. The lowest BCUT2D eigenvalue weighted by molar-refractivity contribution is -0.144. The van der Waals surface area contributed by atoms with Gasteiger partial charge < -0.3 is 10.2 Å². The van der Waals surface area contributed by atoms with E-state index in [0.29, 0.717) is 6.54 Å². The summed E-state index contributed by atoms with van der Waals surface area (Å²) in [4.78, 5) is 22.7. The number of hydrogen-bond donors (Lipinski definition) is 1. The van der Waals surface area contributed by atoms with Gasteiger partial charge in [-0.3, -0.25) is 9.59 Å². The quantitative estimate of drug-likeness (QED) is 0.490. The number of amides is 2. The molecular weight excluding hydrogens is 132 g/mol. The van der Waals surface area contributed by atoms with Crippen LogP contribution in [-0.2, 0) is 9.59 Å². The van der Waals surface area contributed by atoms with E-state index in [4.69, 9.17) is 0 Å². The number of rotatable bonds is 1. The summed E-state index contributed by atoms with van der Waals surface area (Å²) in [6, 6.07) is 0. The molecule has 4 nitrogen and oxygen atoms in total. The second-order valence-electron chi connectivity index (χ2n) is 2.06. The van der Waals surface area contributed by atoms with Crippen LogP contribution in [0.25, 0.3) is 0 Å². The lowest BCUT2D eigenvalue weighted by Crippen LogP contribution is -2.38. The molecule has 0 aliphatic carbocycles. The third-order valence-corrected chi connectivity index (χ3v) is 0.938. The van der Waals surface area contributed by atoms with E-state index in [1.54, 1.807) is 6.92 Å². The largest absolute Gasteiger partial charge is 0.348 e. The Bertz CT molecular complexity index is 143. The molecule has 1 N–H and O–H groups in total. The van der Waals surface area contributed by atoms with Gasteiger partial charge in [-0.05, 0) is 6.92 Å². The predicted octanol–water partition coefficient (Wildman–Crippen LogP) is -0.789. The Labute approximate surface area is 60.2 Å². The van der Waals surface area contributed by atoms with Crippen molar-refractivity contribution in [3.8, 4) is 0 Å². The van der Waals surface area contributed by atoms with Crippen LogP contribution in [0.15, 0.2) is 0 Å². The highest BCUT2D eigenvalue weighted by molar-refractivity contribution is 6.34. The summed E-state index contributed by atoms with van der Waals surface area (Å²) in [7, 11) is 3.08. The first-order chi connectivity index (χ1) is 4.59. The zero-order chi connectivity index (χ0) is 8.15. The maximum Gasteiger partial charge on any atom is 0.311 e. The number of hydrogen-bond acceptors (Lipinski definition) is 2. The molecule has 0 aromatic heterocycles. The molecule has 0 unspecified atom stereocenters. The topological polar surface area (TPSA) is 49.4 Å². The molecule has 0 heterocycles. The van der Waals surface area contributed by atoms with Crippen molar-refractivity contribution in [2.75, 3.05) is 20.6 Å². The average molecular weight is 144 g/mol. The summed E-state index contributed by atoms with van der Waals surface area (Å²) in [5.74, 6) is -1.06. The summed E-state index contributed by atoms with van der Waals surface area (Å²) >= 11 is 0. The summed E-state index contributed by atoms with van der Waals surface area (Å²) < 4.78 is 0. The van der Waals surface area contributed by atoms with E-state index >= 15 is 0 Å². The van der Waals surface area contributed by atoms with Crippen LogP contribution in [0.2, 0.25) is 0 Å². The van der Waals surface area contributed by atoms with E-state index < -0.39 is 11.8 Å². The smallest absolute Gasteiger partial charge is 0.311 e. The monoisotopic (exact) mass is 144 g/mol. The number of carbonyl (C=O) groups is 2. The fourth-order valence-corrected chi connectivity index (χ4v) is 0.439. The van der Waals surface area contributed by atoms with Gasteiger partial charge in [0.25, 0.3) is 0 Å². The van der Waals surface area contributed by atoms with Crippen LogP contribution in [0.4, 0.5) is 0 Å². The second-order valence-corrected chi connectivity index (χ2v) is 2.06. The van der Waals surface area contributed by atoms with Crippen molar-refractivity contribution in [2.24, 2.45) is 0 Å². The molecule has 10 heavy (non-hydrogen) atoms. The summed E-state index contributed by atoms with van der Waals surface area (Å²) in [6.07, 6.45) is 0. The Hall–Kier alpha value is -1.06. The SMILES string of the molecule is CCNC(=O)C(=O)N(C)C. The first-order valence-corrected chi connectivity index (χ1v) is 3.09. The molecule has 0 atom stereocenters. The Morgan fingerprint density at radius 1 is 1.40 bits per heavy atom. The van der Waals surface area contributed by atoms with Crippen molar-refractivity contribution < 1.29 is 9.59 Å². The third kappa shape index (κ3) is 2.48. The van der Waals surface area contributed by atoms with Gasteiger partial charge in [0.15, 0.2) is 0 Å². The second kappa shape index (κ2) is 3.87. The van der Waals surface area contributed by atoms with Gasteiger partial charge in [-0.15, -0.1) is 0 Å². The molecule has 0 saturated heterocycles. The van der Waals surface area contributed by atoms with Gasteiger partial charge in [-0.25, -0.2) is 0 Å². The fourth-order valence-electron chi connectivity index (χ4n) is 0.439. The van der Waals surface area contributed by atoms with Crippen molar-refractivity contribution in [3.05, 3.63) is 0 Å². The molecular formula is C6H12N2O2. The Balaban J connectivity index is 3.83. The zero-order valence-electron chi connectivity index (χ0n) is 6.47. The molecule has 0 bridgehead atoms. The van der Waals surface area contributed by atoms with Crippen LogP contribution < -0.4 is 5.32 Å². The third-order valence-electron chi connectivity index (χ3n) is 0.938. The average Bonchev–Trinajstić information content (AvgIpc) is 1.87. The van der Waals surface area contributed by atoms with Crippen molar-refractivity contribution >= 4 is 11.8 Å². The minimum absolute atomic E-state index is 0.485. The first-order valence-electron chi connectivity index (χ1n) is 3.09. The molecule has 58 valence electrons. The predicted molar refractivity (Wildman–Crippen MR) is 37.4 cm³/mol. The van der Waals surface area contributed by atoms with Crippen molar-refractivity contribution in [1.29, 1.82) is 0 Å². The van der Waals surface area contributed by atoms with Gasteiger partial charge in [0, 0.05) is 20.6 Å². The van der Waals surface area contributed by atoms with Crippen LogP contribution in [0.3, 0.4) is 0 Å². The summed E-state index contributed by atoms with van der Waals surface area (Å²) in [5.41, 5.74) is 0. The van der Waals surface area contributed by atoms with E-state index in [1.807, 2.05) is 0 Å². The van der Waals surface area contributed by atoms with E-state index in [1.165, 1.54) is 19.0 Å². The van der Waals surface area contributed by atoms with Gasteiger partial charge in [0.05, 0.1) is 0 Å². The Morgan fingerprint density at radius 3 is 2.20 bits per heavy atom. The number of nitrogens with one attached hydrogen (secondary N) is 1. The molecule has 0 aromatic carbocycles. The Morgan fingerprint density at radius 2 is 1.90 bits per heavy atom. The van der Waals surface area contributed by atoms with Crippen LogP contribution in [0, 0.1) is 0 Å². The van der Waals surface area contributed by atoms with Crippen LogP contribution in [0.5, 0.6) is 0 Å². The molecule has 2 amide bonds. The van der Waals surface area contributed by atoms with Crippen LogP contribution >= 0.6 is 0 Å². The lowest BCUT2D eigenvalue weighted by atomic mass is 10.5. The first kappa shape index (κ1) is 8.94. The van der Waals surface area contributed by atoms with Crippen molar-refractivity contribution in [2.45, 2.75) is 6.92 Å². The van der Waals surface area contributed by atoms with E-state index in [2.05, 4.69) is 5.32 Å².